The van der Waals surface area contributed by atoms with Crippen molar-refractivity contribution < 1.29 is 9.53 Å². The predicted molar refractivity (Wildman–Crippen MR) is 105 cm³/mol. The number of pyridine rings is 1. The van der Waals surface area contributed by atoms with Crippen LogP contribution in [0.2, 0.25) is 5.02 Å². The molecule has 1 fully saturated rings. The Labute approximate surface area is 159 Å². The van der Waals surface area contributed by atoms with Gasteiger partial charge in [0.25, 0.3) is 5.91 Å². The molecule has 2 heterocycles. The summed E-state index contributed by atoms with van der Waals surface area (Å²) in [6, 6.07) is 9.21. The normalized spacial score (nSPS) is 17.0. The number of ether oxygens (including phenoxy) is 1. The Morgan fingerprint density at radius 3 is 2.96 bits per heavy atom. The summed E-state index contributed by atoms with van der Waals surface area (Å²) < 4.78 is 5.29. The molecule has 1 amide bonds. The maximum Gasteiger partial charge on any atom is 0.255 e. The second-order valence-corrected chi connectivity index (χ2v) is 6.89. The van der Waals surface area contributed by atoms with Crippen LogP contribution in [0.15, 0.2) is 36.5 Å². The van der Waals surface area contributed by atoms with Crippen molar-refractivity contribution in [1.82, 2.24) is 4.98 Å². The highest BCUT2D eigenvalue weighted by atomic mass is 35.5. The summed E-state index contributed by atoms with van der Waals surface area (Å²) in [6.45, 7) is 3.18. The van der Waals surface area contributed by atoms with Gasteiger partial charge < -0.3 is 15.0 Å². The van der Waals surface area contributed by atoms with Crippen molar-refractivity contribution in [3.63, 3.8) is 0 Å². The number of piperidine rings is 1. The van der Waals surface area contributed by atoms with Crippen molar-refractivity contribution in [3.8, 4) is 5.75 Å². The molecule has 1 aliphatic rings. The van der Waals surface area contributed by atoms with Crippen LogP contribution < -0.4 is 15.0 Å². The van der Waals surface area contributed by atoms with Crippen LogP contribution in [0.5, 0.6) is 5.75 Å². The Balaban J connectivity index is 1.81. The van der Waals surface area contributed by atoms with Gasteiger partial charge in [-0.2, -0.15) is 0 Å². The van der Waals surface area contributed by atoms with Crippen molar-refractivity contribution in [2.45, 2.75) is 38.6 Å². The molecule has 1 aliphatic heterocycles. The van der Waals surface area contributed by atoms with E-state index in [0.717, 1.165) is 25.2 Å². The number of hydrogen-bond donors (Lipinski definition) is 1. The lowest BCUT2D eigenvalue weighted by molar-refractivity contribution is 0.102. The Bertz CT molecular complexity index is 781. The first kappa shape index (κ1) is 18.5. The first-order chi connectivity index (χ1) is 12.6. The average Bonchev–Trinajstić information content (AvgIpc) is 2.68. The maximum atomic E-state index is 12.7. The van der Waals surface area contributed by atoms with Gasteiger partial charge >= 0.3 is 0 Å². The molecule has 0 radical (unpaired) electrons. The van der Waals surface area contributed by atoms with E-state index in [1.54, 1.807) is 37.6 Å². The quantitative estimate of drug-likeness (QED) is 0.820. The number of carbonyl (C=O) groups excluding carboxylic acids is 1. The summed E-state index contributed by atoms with van der Waals surface area (Å²) in [4.78, 5) is 19.5. The Kier molecular flexibility index (Phi) is 5.99. The zero-order valence-corrected chi connectivity index (χ0v) is 15.9. The molecule has 3 rings (SSSR count). The third kappa shape index (κ3) is 4.10. The summed E-state index contributed by atoms with van der Waals surface area (Å²) in [6.07, 6.45) is 6.37. The molecule has 1 atom stereocenters. The topological polar surface area (TPSA) is 54.5 Å². The Morgan fingerprint density at radius 1 is 1.35 bits per heavy atom. The number of aromatic nitrogens is 1. The third-order valence-corrected chi connectivity index (χ3v) is 5.05. The van der Waals surface area contributed by atoms with Gasteiger partial charge in [0.15, 0.2) is 0 Å². The standard InChI is InChI=1S/C20H24ClN3O2/c1-3-16-6-4-5-11-24(16)19-12-14(9-10-22-19)20(25)23-17-13-15(21)7-8-18(17)26-2/h7-10,12-13,16H,3-6,11H2,1-2H3,(H,23,25). The summed E-state index contributed by atoms with van der Waals surface area (Å²) in [5, 5.41) is 3.42. The summed E-state index contributed by atoms with van der Waals surface area (Å²) >= 11 is 6.04. The number of rotatable bonds is 5. The van der Waals surface area contributed by atoms with Crippen molar-refractivity contribution in [1.29, 1.82) is 0 Å². The number of anilines is 2. The Hall–Kier alpha value is -2.27. The molecule has 0 bridgehead atoms. The lowest BCUT2D eigenvalue weighted by Gasteiger charge is -2.36. The van der Waals surface area contributed by atoms with E-state index in [4.69, 9.17) is 16.3 Å². The van der Waals surface area contributed by atoms with E-state index >= 15 is 0 Å². The van der Waals surface area contributed by atoms with Crippen molar-refractivity contribution in [2.75, 3.05) is 23.9 Å². The second-order valence-electron chi connectivity index (χ2n) is 6.45. The Morgan fingerprint density at radius 2 is 2.19 bits per heavy atom. The molecule has 1 N–H and O–H groups in total. The van der Waals surface area contributed by atoms with E-state index in [1.807, 2.05) is 6.07 Å². The molecule has 2 aromatic rings. The molecular weight excluding hydrogens is 350 g/mol. The number of halogens is 1. The zero-order valence-electron chi connectivity index (χ0n) is 15.2. The minimum Gasteiger partial charge on any atom is -0.495 e. The average molecular weight is 374 g/mol. The fraction of sp³-hybridized carbons (Fsp3) is 0.400. The molecule has 138 valence electrons. The second kappa shape index (κ2) is 8.41. The lowest BCUT2D eigenvalue weighted by Crippen LogP contribution is -2.39. The fourth-order valence-electron chi connectivity index (χ4n) is 3.42. The molecule has 0 aliphatic carbocycles. The van der Waals surface area contributed by atoms with E-state index in [0.29, 0.717) is 28.1 Å². The van der Waals surface area contributed by atoms with Gasteiger partial charge in [0.05, 0.1) is 12.8 Å². The van der Waals surface area contributed by atoms with Gasteiger partial charge in [-0.15, -0.1) is 0 Å². The number of nitrogens with one attached hydrogen (secondary N) is 1. The summed E-state index contributed by atoms with van der Waals surface area (Å²) in [5.74, 6) is 1.22. The number of benzene rings is 1. The van der Waals surface area contributed by atoms with Crippen LogP contribution in [0.25, 0.3) is 0 Å². The molecule has 6 heteroatoms. The van der Waals surface area contributed by atoms with Crippen LogP contribution in [0, 0.1) is 0 Å². The molecule has 1 aromatic carbocycles. The number of nitrogens with zero attached hydrogens (tertiary/aromatic N) is 2. The van der Waals surface area contributed by atoms with Crippen molar-refractivity contribution >= 4 is 29.0 Å². The molecule has 1 saturated heterocycles. The van der Waals surface area contributed by atoms with Gasteiger partial charge in [0, 0.05) is 29.4 Å². The van der Waals surface area contributed by atoms with E-state index in [9.17, 15) is 4.79 Å². The minimum absolute atomic E-state index is 0.209. The van der Waals surface area contributed by atoms with Crippen molar-refractivity contribution in [2.24, 2.45) is 0 Å². The maximum absolute atomic E-state index is 12.7. The molecule has 5 nitrogen and oxygen atoms in total. The molecule has 0 saturated carbocycles. The number of methoxy groups -OCH3 is 1. The van der Waals surface area contributed by atoms with Gasteiger partial charge in [0.1, 0.15) is 11.6 Å². The minimum atomic E-state index is -0.209. The lowest BCUT2D eigenvalue weighted by atomic mass is 10.00. The van der Waals surface area contributed by atoms with E-state index in [1.165, 1.54) is 12.8 Å². The smallest absolute Gasteiger partial charge is 0.255 e. The van der Waals surface area contributed by atoms with E-state index in [2.05, 4.69) is 22.1 Å². The van der Waals surface area contributed by atoms with Crippen LogP contribution in [0.3, 0.4) is 0 Å². The number of amides is 1. The number of hydrogen-bond acceptors (Lipinski definition) is 4. The first-order valence-electron chi connectivity index (χ1n) is 9.00. The highest BCUT2D eigenvalue weighted by Crippen LogP contribution is 2.29. The third-order valence-electron chi connectivity index (χ3n) is 4.81. The van der Waals surface area contributed by atoms with Gasteiger partial charge in [-0.05, 0) is 56.0 Å². The molecular formula is C20H24ClN3O2. The molecule has 0 spiro atoms. The van der Waals surface area contributed by atoms with Crippen molar-refractivity contribution in [3.05, 3.63) is 47.1 Å². The van der Waals surface area contributed by atoms with Crippen LogP contribution in [0.4, 0.5) is 11.5 Å². The van der Waals surface area contributed by atoms with Gasteiger partial charge in [-0.25, -0.2) is 4.98 Å². The van der Waals surface area contributed by atoms with Gasteiger partial charge in [-0.3, -0.25) is 4.79 Å². The number of carbonyl (C=O) groups is 1. The first-order valence-corrected chi connectivity index (χ1v) is 9.37. The SMILES string of the molecule is CCC1CCCCN1c1cc(C(=O)Nc2cc(Cl)ccc2OC)ccn1. The summed E-state index contributed by atoms with van der Waals surface area (Å²) in [7, 11) is 1.56. The monoisotopic (exact) mass is 373 g/mol. The highest BCUT2D eigenvalue weighted by molar-refractivity contribution is 6.31. The largest absolute Gasteiger partial charge is 0.495 e. The van der Waals surface area contributed by atoms with Gasteiger partial charge in [-0.1, -0.05) is 18.5 Å². The van der Waals surface area contributed by atoms with Crippen LogP contribution in [-0.2, 0) is 0 Å². The predicted octanol–water partition coefficient (Wildman–Crippen LogP) is 4.76. The van der Waals surface area contributed by atoms with Crippen LogP contribution in [-0.4, -0.2) is 30.6 Å². The van der Waals surface area contributed by atoms with Gasteiger partial charge in [0.2, 0.25) is 0 Å². The van der Waals surface area contributed by atoms with E-state index < -0.39 is 0 Å². The van der Waals surface area contributed by atoms with Crippen LogP contribution in [0.1, 0.15) is 43.0 Å². The highest BCUT2D eigenvalue weighted by Gasteiger charge is 2.22. The molecule has 26 heavy (non-hydrogen) atoms. The summed E-state index contributed by atoms with van der Waals surface area (Å²) in [5.41, 5.74) is 1.12. The molecule has 1 aromatic heterocycles. The zero-order chi connectivity index (χ0) is 18.5. The fourth-order valence-corrected chi connectivity index (χ4v) is 3.59. The molecule has 1 unspecified atom stereocenters. The van der Waals surface area contributed by atoms with E-state index in [-0.39, 0.29) is 5.91 Å². The van der Waals surface area contributed by atoms with Crippen LogP contribution >= 0.6 is 11.6 Å².